The van der Waals surface area contributed by atoms with Crippen LogP contribution in [-0.4, -0.2) is 45.7 Å². The number of ether oxygens (including phenoxy) is 1. The number of piperidine rings is 1. The SMILES string of the molecule is O=C1CN(c2c(O)cc3ccc(OCCC4CCNCC4)cc3c2F)S(=O)(=O)N1. The maximum atomic E-state index is 15.2. The Morgan fingerprint density at radius 2 is 2.00 bits per heavy atom. The minimum absolute atomic E-state index is 0.103. The molecular weight excluding hydrogens is 401 g/mol. The highest BCUT2D eigenvalue weighted by Crippen LogP contribution is 2.39. The van der Waals surface area contributed by atoms with Crippen molar-refractivity contribution in [2.45, 2.75) is 19.3 Å². The highest BCUT2D eigenvalue weighted by atomic mass is 32.2. The third-order valence-corrected chi connectivity index (χ3v) is 6.70. The fraction of sp³-hybridized carbons (Fsp3) is 0.421. The van der Waals surface area contributed by atoms with Gasteiger partial charge in [-0.2, -0.15) is 8.42 Å². The van der Waals surface area contributed by atoms with E-state index in [2.05, 4.69) is 5.32 Å². The summed E-state index contributed by atoms with van der Waals surface area (Å²) >= 11 is 0. The molecule has 2 aliphatic rings. The van der Waals surface area contributed by atoms with Crippen LogP contribution in [-0.2, 0) is 15.0 Å². The molecule has 2 heterocycles. The number of fused-ring (bicyclic) bond motifs is 1. The number of hydrogen-bond acceptors (Lipinski definition) is 6. The van der Waals surface area contributed by atoms with Crippen molar-refractivity contribution in [2.75, 3.05) is 30.5 Å². The number of rotatable bonds is 5. The lowest BCUT2D eigenvalue weighted by atomic mass is 9.95. The third kappa shape index (κ3) is 3.95. The molecule has 0 bridgehead atoms. The number of aromatic hydroxyl groups is 1. The molecule has 156 valence electrons. The maximum Gasteiger partial charge on any atom is 0.326 e. The van der Waals surface area contributed by atoms with Gasteiger partial charge >= 0.3 is 10.2 Å². The van der Waals surface area contributed by atoms with Crippen LogP contribution in [0.4, 0.5) is 10.1 Å². The van der Waals surface area contributed by atoms with Gasteiger partial charge in [-0.25, -0.2) is 13.4 Å². The molecule has 8 nitrogen and oxygen atoms in total. The van der Waals surface area contributed by atoms with E-state index in [1.165, 1.54) is 12.1 Å². The van der Waals surface area contributed by atoms with Gasteiger partial charge in [0.25, 0.3) is 5.91 Å². The number of nitrogens with one attached hydrogen (secondary N) is 2. The fourth-order valence-electron chi connectivity index (χ4n) is 3.79. The van der Waals surface area contributed by atoms with Crippen molar-refractivity contribution in [3.63, 3.8) is 0 Å². The molecule has 2 saturated heterocycles. The molecule has 3 N–H and O–H groups in total. The zero-order valence-electron chi connectivity index (χ0n) is 15.7. The quantitative estimate of drug-likeness (QED) is 0.675. The van der Waals surface area contributed by atoms with Crippen molar-refractivity contribution in [1.29, 1.82) is 0 Å². The van der Waals surface area contributed by atoms with Crippen molar-refractivity contribution < 1.29 is 27.4 Å². The molecule has 2 fully saturated rings. The van der Waals surface area contributed by atoms with Crippen molar-refractivity contribution in [3.8, 4) is 11.5 Å². The highest BCUT2D eigenvalue weighted by Gasteiger charge is 2.37. The summed E-state index contributed by atoms with van der Waals surface area (Å²) in [6.07, 6.45) is 3.12. The Bertz CT molecular complexity index is 1050. The van der Waals surface area contributed by atoms with Gasteiger partial charge in [0.1, 0.15) is 23.7 Å². The van der Waals surface area contributed by atoms with E-state index in [0.29, 0.717) is 28.0 Å². The minimum atomic E-state index is -4.24. The second-order valence-corrected chi connectivity index (χ2v) is 8.90. The first-order chi connectivity index (χ1) is 13.8. The molecule has 29 heavy (non-hydrogen) atoms. The number of phenolic OH excluding ortho intramolecular Hbond substituents is 1. The molecule has 1 amide bonds. The first-order valence-electron chi connectivity index (χ1n) is 9.47. The topological polar surface area (TPSA) is 108 Å². The average molecular weight is 423 g/mol. The smallest absolute Gasteiger partial charge is 0.326 e. The Morgan fingerprint density at radius 3 is 2.69 bits per heavy atom. The molecule has 2 aromatic rings. The molecule has 2 aromatic carbocycles. The molecule has 2 aliphatic heterocycles. The van der Waals surface area contributed by atoms with Gasteiger partial charge in [-0.05, 0) is 61.9 Å². The lowest BCUT2D eigenvalue weighted by molar-refractivity contribution is -0.117. The van der Waals surface area contributed by atoms with Crippen molar-refractivity contribution >= 4 is 32.6 Å². The van der Waals surface area contributed by atoms with Gasteiger partial charge in [-0.1, -0.05) is 6.07 Å². The Labute approximate surface area is 167 Å². The standard InChI is InChI=1S/C19H22FN3O5S/c20-18-15-10-14(28-8-5-12-3-6-21-7-4-12)2-1-13(15)9-16(24)19(18)23-11-17(25)22-29(23,26)27/h1-2,9-10,12,21,24H,3-8,11H2,(H,22,25). The van der Waals surface area contributed by atoms with E-state index in [9.17, 15) is 18.3 Å². The Hall–Kier alpha value is -2.59. The van der Waals surface area contributed by atoms with Gasteiger partial charge in [0.15, 0.2) is 5.82 Å². The van der Waals surface area contributed by atoms with Crippen LogP contribution in [0.1, 0.15) is 19.3 Å². The van der Waals surface area contributed by atoms with Crippen LogP contribution in [0, 0.1) is 11.7 Å². The van der Waals surface area contributed by atoms with Crippen LogP contribution >= 0.6 is 0 Å². The van der Waals surface area contributed by atoms with Crippen LogP contribution in [0.25, 0.3) is 10.8 Å². The van der Waals surface area contributed by atoms with E-state index < -0.39 is 39.9 Å². The predicted molar refractivity (Wildman–Crippen MR) is 106 cm³/mol. The summed E-state index contributed by atoms with van der Waals surface area (Å²) in [5.74, 6) is -1.22. The monoisotopic (exact) mass is 423 g/mol. The number of anilines is 1. The second kappa shape index (κ2) is 7.68. The summed E-state index contributed by atoms with van der Waals surface area (Å²) in [5, 5.41) is 14.0. The largest absolute Gasteiger partial charge is 0.506 e. The molecule has 0 atom stereocenters. The maximum absolute atomic E-state index is 15.2. The number of carbonyl (C=O) groups excluding carboxylic acids is 1. The van der Waals surface area contributed by atoms with Gasteiger partial charge in [0.05, 0.1) is 6.61 Å². The van der Waals surface area contributed by atoms with Gasteiger partial charge < -0.3 is 15.2 Å². The molecule has 10 heteroatoms. The van der Waals surface area contributed by atoms with Crippen LogP contribution in [0.5, 0.6) is 11.5 Å². The van der Waals surface area contributed by atoms with E-state index in [1.807, 2.05) is 0 Å². The van der Waals surface area contributed by atoms with E-state index >= 15 is 4.39 Å². The van der Waals surface area contributed by atoms with Crippen molar-refractivity contribution in [2.24, 2.45) is 5.92 Å². The predicted octanol–water partition coefficient (Wildman–Crippen LogP) is 1.63. The Kier molecular flexibility index (Phi) is 5.22. The molecule has 0 saturated carbocycles. The van der Waals surface area contributed by atoms with E-state index in [4.69, 9.17) is 4.74 Å². The van der Waals surface area contributed by atoms with Crippen LogP contribution in [0.3, 0.4) is 0 Å². The first kappa shape index (κ1) is 19.7. The number of benzene rings is 2. The van der Waals surface area contributed by atoms with E-state index in [-0.39, 0.29) is 5.39 Å². The molecule has 0 radical (unpaired) electrons. The highest BCUT2D eigenvalue weighted by molar-refractivity contribution is 7.92. The fourth-order valence-corrected chi connectivity index (χ4v) is 4.96. The van der Waals surface area contributed by atoms with Gasteiger partial charge in [0, 0.05) is 5.39 Å². The van der Waals surface area contributed by atoms with Crippen molar-refractivity contribution in [1.82, 2.24) is 10.0 Å². The molecule has 0 aliphatic carbocycles. The molecular formula is C19H22FN3O5S. The number of nitrogens with zero attached hydrogens (tertiary/aromatic N) is 1. The number of amides is 1. The number of carbonyl (C=O) groups is 1. The number of hydrogen-bond donors (Lipinski definition) is 3. The molecule has 0 aromatic heterocycles. The summed E-state index contributed by atoms with van der Waals surface area (Å²) in [4.78, 5) is 11.5. The summed E-state index contributed by atoms with van der Waals surface area (Å²) in [5.41, 5.74) is -0.553. The zero-order valence-corrected chi connectivity index (χ0v) is 16.5. The number of halogens is 1. The Morgan fingerprint density at radius 1 is 1.24 bits per heavy atom. The van der Waals surface area contributed by atoms with Crippen molar-refractivity contribution in [3.05, 3.63) is 30.1 Å². The average Bonchev–Trinajstić information content (AvgIpc) is 2.95. The van der Waals surface area contributed by atoms with E-state index in [1.54, 1.807) is 16.9 Å². The summed E-state index contributed by atoms with van der Waals surface area (Å²) < 4.78 is 47.4. The zero-order chi connectivity index (χ0) is 20.6. The second-order valence-electron chi connectivity index (χ2n) is 7.31. The van der Waals surface area contributed by atoms with Gasteiger partial charge in [0.2, 0.25) is 0 Å². The summed E-state index contributed by atoms with van der Waals surface area (Å²) in [7, 11) is -4.24. The van der Waals surface area contributed by atoms with E-state index in [0.717, 1.165) is 32.4 Å². The summed E-state index contributed by atoms with van der Waals surface area (Å²) in [6, 6.07) is 6.03. The van der Waals surface area contributed by atoms with Crippen LogP contribution in [0.2, 0.25) is 0 Å². The summed E-state index contributed by atoms with van der Waals surface area (Å²) in [6.45, 7) is 1.93. The third-order valence-electron chi connectivity index (χ3n) is 5.33. The molecule has 0 spiro atoms. The Balaban J connectivity index is 1.59. The minimum Gasteiger partial charge on any atom is -0.506 e. The van der Waals surface area contributed by atoms with Gasteiger partial charge in [-0.15, -0.1) is 0 Å². The van der Waals surface area contributed by atoms with Crippen LogP contribution < -0.4 is 19.1 Å². The lowest BCUT2D eigenvalue weighted by Gasteiger charge is -2.22. The number of phenols is 1. The normalized spacial score (nSPS) is 19.5. The lowest BCUT2D eigenvalue weighted by Crippen LogP contribution is -2.30. The van der Waals surface area contributed by atoms with Gasteiger partial charge in [-0.3, -0.25) is 4.79 Å². The molecule has 4 rings (SSSR count). The van der Waals surface area contributed by atoms with Crippen LogP contribution in [0.15, 0.2) is 24.3 Å². The first-order valence-corrected chi connectivity index (χ1v) is 10.9. The molecule has 0 unspecified atom stereocenters.